The van der Waals surface area contributed by atoms with Crippen LogP contribution in [0.2, 0.25) is 0 Å². The Labute approximate surface area is 165 Å². The quantitative estimate of drug-likeness (QED) is 0.811. The summed E-state index contributed by atoms with van der Waals surface area (Å²) in [5.74, 6) is -0.459. The minimum absolute atomic E-state index is 0.0586. The summed E-state index contributed by atoms with van der Waals surface area (Å²) in [6.45, 7) is 14.5. The predicted molar refractivity (Wildman–Crippen MR) is 104 cm³/mol. The summed E-state index contributed by atoms with van der Waals surface area (Å²) < 4.78 is 0. The monoisotopic (exact) mass is 388 g/mol. The van der Waals surface area contributed by atoms with Crippen LogP contribution in [0.5, 0.6) is 11.5 Å². The molecule has 0 spiro atoms. The van der Waals surface area contributed by atoms with Crippen LogP contribution in [0.25, 0.3) is 0 Å². The minimum atomic E-state index is -0.827. The molecule has 1 aromatic carbocycles. The van der Waals surface area contributed by atoms with Crippen LogP contribution in [0.15, 0.2) is 22.1 Å². The Bertz CT molecular complexity index is 830. The van der Waals surface area contributed by atoms with Crippen molar-refractivity contribution in [2.45, 2.75) is 77.5 Å². The second-order valence-corrected chi connectivity index (χ2v) is 9.58. The summed E-state index contributed by atoms with van der Waals surface area (Å²) >= 11 is 0. The molecule has 0 fully saturated rings. The normalized spacial score (nSPS) is 24.4. The number of hydrogen-bond donors (Lipinski definition) is 2. The Hall–Kier alpha value is -2.32. The van der Waals surface area contributed by atoms with Gasteiger partial charge in [0.05, 0.1) is 33.3 Å². The Kier molecular flexibility index (Phi) is 4.09. The number of phenols is 2. The number of phenolic OH excluding ortho intramolecular Hbond substituents is 2. The molecule has 0 saturated heterocycles. The van der Waals surface area contributed by atoms with Crippen molar-refractivity contribution in [1.29, 1.82) is 0 Å². The molecule has 28 heavy (non-hydrogen) atoms. The van der Waals surface area contributed by atoms with Crippen LogP contribution in [0, 0.1) is 0 Å². The molecule has 0 saturated carbocycles. The zero-order chi connectivity index (χ0) is 21.4. The van der Waals surface area contributed by atoms with Gasteiger partial charge in [-0.05, 0) is 61.5 Å². The number of nitrogens with zero attached hydrogens (tertiary/aromatic N) is 4. The van der Waals surface area contributed by atoms with Gasteiger partial charge in [0.25, 0.3) is 0 Å². The van der Waals surface area contributed by atoms with E-state index < -0.39 is 22.2 Å². The van der Waals surface area contributed by atoms with E-state index in [-0.39, 0.29) is 34.3 Å². The van der Waals surface area contributed by atoms with Gasteiger partial charge in [-0.3, -0.25) is 9.98 Å². The van der Waals surface area contributed by atoms with Crippen molar-refractivity contribution in [2.75, 3.05) is 0 Å². The minimum Gasteiger partial charge on any atom is -0.507 e. The summed E-state index contributed by atoms with van der Waals surface area (Å²) in [6, 6.07) is 2.53. The summed E-state index contributed by atoms with van der Waals surface area (Å²) in [5, 5.41) is 48.1. The van der Waals surface area contributed by atoms with E-state index in [1.54, 1.807) is 27.7 Å². The number of hydrogen-bond acceptors (Lipinski definition) is 6. The summed E-state index contributed by atoms with van der Waals surface area (Å²) in [5.41, 5.74) is -2.72. The molecule has 0 aliphatic carbocycles. The fourth-order valence-corrected chi connectivity index (χ4v) is 3.20. The highest BCUT2D eigenvalue weighted by molar-refractivity contribution is 6.08. The standard InChI is InChI=1S/C20H28N4O4/c1-17(2)19(5,6)23(27)15(21-17)11-9-12(14(26)10-13(11)25)16-22-18(3,4)20(7,8)24(16)28/h9-10,25-26H,1-8H3. The van der Waals surface area contributed by atoms with Crippen LogP contribution in [-0.4, -0.2) is 54.2 Å². The average Bonchev–Trinajstić information content (AvgIpc) is 2.81. The second-order valence-electron chi connectivity index (χ2n) is 9.58. The highest BCUT2D eigenvalue weighted by atomic mass is 16.5. The van der Waals surface area contributed by atoms with Crippen molar-refractivity contribution >= 4 is 11.7 Å². The van der Waals surface area contributed by atoms with Crippen LogP contribution in [0.1, 0.15) is 66.5 Å². The Morgan fingerprint density at radius 3 is 1.25 bits per heavy atom. The number of amidine groups is 2. The third kappa shape index (κ3) is 2.51. The van der Waals surface area contributed by atoms with Gasteiger partial charge >= 0.3 is 0 Å². The maximum absolute atomic E-state index is 12.9. The molecule has 2 heterocycles. The smallest absolute Gasteiger partial charge is 0.163 e. The van der Waals surface area contributed by atoms with Gasteiger partial charge in [0.1, 0.15) is 11.5 Å². The first-order valence-corrected chi connectivity index (χ1v) is 9.26. The maximum Gasteiger partial charge on any atom is 0.163 e. The highest BCUT2D eigenvalue weighted by Gasteiger charge is 2.52. The maximum atomic E-state index is 12.9. The number of rotatable bonds is 2. The molecule has 0 unspecified atom stereocenters. The molecule has 1 aromatic rings. The SMILES string of the molecule is CC1(C)N=C(c2cc(C3=NC(C)(C)C(C)(C)N3[O])c(O)cc2O)N([O])C1(C)C. The van der Waals surface area contributed by atoms with E-state index in [1.165, 1.54) is 6.07 Å². The molecule has 2 aliphatic heterocycles. The van der Waals surface area contributed by atoms with Crippen molar-refractivity contribution in [1.82, 2.24) is 10.1 Å². The lowest BCUT2D eigenvalue weighted by Gasteiger charge is -2.35. The van der Waals surface area contributed by atoms with Crippen LogP contribution < -0.4 is 0 Å². The van der Waals surface area contributed by atoms with Gasteiger partial charge in [0.15, 0.2) is 11.7 Å². The van der Waals surface area contributed by atoms with E-state index in [2.05, 4.69) is 9.98 Å². The van der Waals surface area contributed by atoms with Crippen molar-refractivity contribution in [3.05, 3.63) is 23.3 Å². The molecule has 2 radical (unpaired) electrons. The van der Waals surface area contributed by atoms with Crippen molar-refractivity contribution < 1.29 is 20.6 Å². The predicted octanol–water partition coefficient (Wildman–Crippen LogP) is 3.03. The molecule has 8 nitrogen and oxygen atoms in total. The van der Waals surface area contributed by atoms with Gasteiger partial charge in [-0.15, -0.1) is 0 Å². The first-order valence-electron chi connectivity index (χ1n) is 9.26. The van der Waals surface area contributed by atoms with E-state index in [1.807, 2.05) is 27.7 Å². The lowest BCUT2D eigenvalue weighted by Crippen LogP contribution is -2.51. The van der Waals surface area contributed by atoms with Gasteiger partial charge in [-0.25, -0.2) is 0 Å². The fourth-order valence-electron chi connectivity index (χ4n) is 3.20. The highest BCUT2D eigenvalue weighted by Crippen LogP contribution is 2.43. The Balaban J connectivity index is 2.17. The lowest BCUT2D eigenvalue weighted by atomic mass is 9.84. The van der Waals surface area contributed by atoms with E-state index in [9.17, 15) is 20.6 Å². The third-order valence-corrected chi connectivity index (χ3v) is 6.76. The first-order chi connectivity index (χ1) is 12.5. The van der Waals surface area contributed by atoms with Gasteiger partial charge in [-0.2, -0.15) is 10.1 Å². The van der Waals surface area contributed by atoms with Crippen LogP contribution in [0.3, 0.4) is 0 Å². The molecule has 0 bridgehead atoms. The molecule has 2 aliphatic rings. The number of hydroxylamine groups is 4. The van der Waals surface area contributed by atoms with E-state index in [0.717, 1.165) is 16.2 Å². The zero-order valence-corrected chi connectivity index (χ0v) is 17.7. The van der Waals surface area contributed by atoms with E-state index in [0.29, 0.717) is 0 Å². The van der Waals surface area contributed by atoms with E-state index >= 15 is 0 Å². The fraction of sp³-hybridized carbons (Fsp3) is 0.600. The van der Waals surface area contributed by atoms with Crippen molar-refractivity contribution in [3.63, 3.8) is 0 Å². The lowest BCUT2D eigenvalue weighted by molar-refractivity contribution is -0.158. The summed E-state index contributed by atoms with van der Waals surface area (Å²) in [4.78, 5) is 9.03. The topological polar surface area (TPSA) is 111 Å². The third-order valence-electron chi connectivity index (χ3n) is 6.76. The van der Waals surface area contributed by atoms with Crippen LogP contribution >= 0.6 is 0 Å². The van der Waals surface area contributed by atoms with E-state index in [4.69, 9.17) is 0 Å². The first kappa shape index (κ1) is 20.4. The van der Waals surface area contributed by atoms with Gasteiger partial charge < -0.3 is 10.2 Å². The second kappa shape index (κ2) is 5.61. The molecule has 152 valence electrons. The molecule has 3 rings (SSSR count). The molecular weight excluding hydrogens is 360 g/mol. The summed E-state index contributed by atoms with van der Waals surface area (Å²) in [6.07, 6.45) is 0. The Morgan fingerprint density at radius 2 is 1.00 bits per heavy atom. The zero-order valence-electron chi connectivity index (χ0n) is 17.7. The molecule has 0 aromatic heterocycles. The van der Waals surface area contributed by atoms with Crippen LogP contribution in [-0.2, 0) is 10.4 Å². The summed E-state index contributed by atoms with van der Waals surface area (Å²) in [7, 11) is 0. The number of benzene rings is 1. The van der Waals surface area contributed by atoms with Crippen molar-refractivity contribution in [3.8, 4) is 11.5 Å². The molecule has 0 amide bonds. The van der Waals surface area contributed by atoms with Gasteiger partial charge in [0.2, 0.25) is 0 Å². The van der Waals surface area contributed by atoms with Crippen molar-refractivity contribution in [2.24, 2.45) is 9.98 Å². The van der Waals surface area contributed by atoms with Crippen LogP contribution in [0.4, 0.5) is 0 Å². The molecule has 8 heteroatoms. The van der Waals surface area contributed by atoms with Gasteiger partial charge in [0, 0.05) is 6.07 Å². The number of aliphatic imine (C=N–C) groups is 2. The average molecular weight is 388 g/mol. The molecule has 0 atom stereocenters. The Morgan fingerprint density at radius 1 is 0.679 bits per heavy atom. The largest absolute Gasteiger partial charge is 0.507 e. The molecule has 2 N–H and O–H groups in total. The van der Waals surface area contributed by atoms with Gasteiger partial charge in [-0.1, -0.05) is 10.4 Å². The number of aromatic hydroxyl groups is 2. The molecular formula is C20H28N4O4.